The van der Waals surface area contributed by atoms with E-state index in [1.807, 2.05) is 13.8 Å². The summed E-state index contributed by atoms with van der Waals surface area (Å²) in [5.41, 5.74) is -2.57. The van der Waals surface area contributed by atoms with Crippen molar-refractivity contribution in [2.45, 2.75) is 111 Å². The molecule has 4 aliphatic carbocycles. The van der Waals surface area contributed by atoms with Crippen LogP contribution in [0.4, 0.5) is 0 Å². The first-order chi connectivity index (χ1) is 16.0. The topological polar surface area (TPSA) is 115 Å². The number of rotatable bonds is 5. The lowest BCUT2D eigenvalue weighted by atomic mass is 9.36. The van der Waals surface area contributed by atoms with Gasteiger partial charge in [-0.05, 0) is 86.9 Å². The molecule has 8 atom stereocenters. The molecule has 0 saturated heterocycles. The molecule has 6 nitrogen and oxygen atoms in total. The van der Waals surface area contributed by atoms with Crippen LogP contribution >= 0.6 is 0 Å². The lowest BCUT2D eigenvalue weighted by molar-refractivity contribution is -0.195. The zero-order chi connectivity index (χ0) is 26.2. The van der Waals surface area contributed by atoms with Gasteiger partial charge in [-0.1, -0.05) is 39.3 Å². The Morgan fingerprint density at radius 2 is 1.80 bits per heavy atom. The van der Waals surface area contributed by atoms with Crippen molar-refractivity contribution in [1.82, 2.24) is 0 Å². The molecule has 6 heteroatoms. The Morgan fingerprint density at radius 1 is 1.14 bits per heavy atom. The smallest absolute Gasteiger partial charge is 0.303 e. The molecule has 0 amide bonds. The van der Waals surface area contributed by atoms with E-state index in [0.29, 0.717) is 25.7 Å². The lowest BCUT2D eigenvalue weighted by Gasteiger charge is -2.69. The molecule has 35 heavy (non-hydrogen) atoms. The van der Waals surface area contributed by atoms with Crippen molar-refractivity contribution in [3.05, 3.63) is 11.6 Å². The third-order valence-corrected chi connectivity index (χ3v) is 11.7. The molecular weight excluding hydrogens is 444 g/mol. The first-order valence-electron chi connectivity index (χ1n) is 13.5. The van der Waals surface area contributed by atoms with Crippen LogP contribution in [0.5, 0.6) is 0 Å². The second kappa shape index (κ2) is 8.13. The third-order valence-electron chi connectivity index (χ3n) is 11.7. The summed E-state index contributed by atoms with van der Waals surface area (Å²) in [6.07, 6.45) is 7.06. The molecule has 0 aromatic carbocycles. The van der Waals surface area contributed by atoms with Crippen molar-refractivity contribution in [3.8, 4) is 0 Å². The van der Waals surface area contributed by atoms with Gasteiger partial charge in [0.15, 0.2) is 5.78 Å². The number of aliphatic carboxylic acids is 1. The number of aliphatic hydroxyl groups excluding tert-OH is 1. The van der Waals surface area contributed by atoms with Crippen LogP contribution in [0.3, 0.4) is 0 Å². The quantitative estimate of drug-likeness (QED) is 0.422. The summed E-state index contributed by atoms with van der Waals surface area (Å²) >= 11 is 0. The average molecular weight is 491 g/mol. The molecule has 0 aromatic heterocycles. The number of hydrogen-bond acceptors (Lipinski definition) is 5. The van der Waals surface area contributed by atoms with Crippen LogP contribution in [0.1, 0.15) is 99.3 Å². The second-order valence-electron chi connectivity index (χ2n) is 14.1. The minimum Gasteiger partial charge on any atom is -0.481 e. The Labute approximate surface area is 210 Å². The second-order valence-corrected chi connectivity index (χ2v) is 14.1. The summed E-state index contributed by atoms with van der Waals surface area (Å²) < 4.78 is 0. The largest absolute Gasteiger partial charge is 0.481 e. The maximum Gasteiger partial charge on any atom is 0.303 e. The van der Waals surface area contributed by atoms with Crippen molar-refractivity contribution < 1.29 is 30.0 Å². The molecule has 0 spiro atoms. The molecule has 198 valence electrons. The van der Waals surface area contributed by atoms with Crippen molar-refractivity contribution in [3.63, 3.8) is 0 Å². The fourth-order valence-corrected chi connectivity index (χ4v) is 9.37. The fraction of sp³-hybridized carbons (Fsp3) is 0.862. The molecule has 4 N–H and O–H groups in total. The number of fused-ring (bicyclic) bond motifs is 5. The predicted molar refractivity (Wildman–Crippen MR) is 134 cm³/mol. The molecule has 3 fully saturated rings. The van der Waals surface area contributed by atoms with Gasteiger partial charge in [0, 0.05) is 30.8 Å². The van der Waals surface area contributed by atoms with Crippen LogP contribution in [-0.2, 0) is 9.59 Å². The minimum absolute atomic E-state index is 0.0399. The van der Waals surface area contributed by atoms with Crippen LogP contribution in [-0.4, -0.2) is 50.0 Å². The number of carboxylic acid groups (broad SMARTS) is 1. The Balaban J connectivity index is 1.83. The van der Waals surface area contributed by atoms with E-state index in [2.05, 4.69) is 33.8 Å². The highest BCUT2D eigenvalue weighted by Crippen LogP contribution is 2.72. The van der Waals surface area contributed by atoms with Crippen LogP contribution in [0.15, 0.2) is 11.6 Å². The maximum atomic E-state index is 13.7. The average Bonchev–Trinajstić information content (AvgIpc) is 2.74. The lowest BCUT2D eigenvalue weighted by Crippen LogP contribution is -2.66. The van der Waals surface area contributed by atoms with E-state index in [9.17, 15) is 30.0 Å². The van der Waals surface area contributed by atoms with Gasteiger partial charge in [-0.3, -0.25) is 9.59 Å². The van der Waals surface area contributed by atoms with Crippen LogP contribution < -0.4 is 0 Å². The maximum absolute atomic E-state index is 13.7. The van der Waals surface area contributed by atoms with Gasteiger partial charge in [0.05, 0.1) is 5.60 Å². The summed E-state index contributed by atoms with van der Waals surface area (Å²) in [6, 6.07) is 0. The van der Waals surface area contributed by atoms with E-state index >= 15 is 0 Å². The number of carbonyl (C=O) groups is 2. The number of Topliss-reactive ketones (excluding diaryl/α,β-unsaturated/α-hetero) is 1. The van der Waals surface area contributed by atoms with Gasteiger partial charge in [-0.15, -0.1) is 0 Å². The Hall–Kier alpha value is -1.24. The molecule has 3 saturated carbocycles. The highest BCUT2D eigenvalue weighted by Gasteiger charge is 2.69. The van der Waals surface area contributed by atoms with Crippen molar-refractivity contribution in [2.24, 2.45) is 39.4 Å². The third kappa shape index (κ3) is 3.76. The highest BCUT2D eigenvalue weighted by atomic mass is 16.4. The molecule has 0 radical (unpaired) electrons. The molecule has 4 aliphatic rings. The predicted octanol–water partition coefficient (Wildman–Crippen LogP) is 4.50. The summed E-state index contributed by atoms with van der Waals surface area (Å²) in [6.45, 7) is 12.4. The van der Waals surface area contributed by atoms with Crippen molar-refractivity contribution >= 4 is 11.8 Å². The van der Waals surface area contributed by atoms with Gasteiger partial charge in [-0.2, -0.15) is 0 Å². The molecule has 4 rings (SSSR count). The first kappa shape index (κ1) is 26.8. The number of hydrogen-bond donors (Lipinski definition) is 4. The van der Waals surface area contributed by atoms with E-state index in [1.54, 1.807) is 0 Å². The monoisotopic (exact) mass is 490 g/mol. The molecule has 0 aromatic rings. The normalized spacial score (nSPS) is 47.9. The van der Waals surface area contributed by atoms with Gasteiger partial charge in [0.25, 0.3) is 0 Å². The highest BCUT2D eigenvalue weighted by molar-refractivity contribution is 5.91. The number of carboxylic acids is 1. The van der Waals surface area contributed by atoms with Gasteiger partial charge in [0.1, 0.15) is 5.60 Å². The van der Waals surface area contributed by atoms with Crippen LogP contribution in [0.25, 0.3) is 0 Å². The zero-order valence-electron chi connectivity index (χ0n) is 22.5. The van der Waals surface area contributed by atoms with E-state index in [4.69, 9.17) is 0 Å². The summed E-state index contributed by atoms with van der Waals surface area (Å²) in [4.78, 5) is 25.3. The van der Waals surface area contributed by atoms with E-state index in [-0.39, 0.29) is 53.8 Å². The Bertz CT molecular complexity index is 934. The standard InChI is InChI=1S/C29H46O6/c1-24(2,34)20-9-12-27(5)21(26(20,4)11-10-23(32)33)8-7-18-19-15-25(3,17-30)13-14-29(19,35)22(31)16-28(18,27)6/h7,19-21,30,34-35H,8-17H2,1-6H3,(H,32,33)/t19-,20?,21+,25+,26-,27+,28+,29+/m0/s1. The van der Waals surface area contributed by atoms with Gasteiger partial charge in [-0.25, -0.2) is 0 Å². The number of allylic oxidation sites excluding steroid dienone is 1. The summed E-state index contributed by atoms with van der Waals surface area (Å²) in [5, 5.41) is 42.5. The van der Waals surface area contributed by atoms with E-state index in [1.165, 1.54) is 5.57 Å². The molecule has 0 heterocycles. The molecule has 0 bridgehead atoms. The van der Waals surface area contributed by atoms with Crippen molar-refractivity contribution in [2.75, 3.05) is 6.61 Å². The minimum atomic E-state index is -1.36. The SMILES string of the molecule is CC(C)(O)C1CC[C@]2(C)[C@H](CC=C3[C@@H]4C[C@](C)(CO)CC[C@]4(O)C(=O)C[C@]32C)[C@@]1(C)CCC(=O)O. The van der Waals surface area contributed by atoms with Crippen LogP contribution in [0.2, 0.25) is 0 Å². The number of carbonyl (C=O) groups excluding carboxylic acids is 1. The van der Waals surface area contributed by atoms with Gasteiger partial charge >= 0.3 is 5.97 Å². The van der Waals surface area contributed by atoms with Gasteiger partial charge in [0.2, 0.25) is 0 Å². The van der Waals surface area contributed by atoms with E-state index < -0.39 is 28.0 Å². The van der Waals surface area contributed by atoms with E-state index in [0.717, 1.165) is 19.3 Å². The fourth-order valence-electron chi connectivity index (χ4n) is 9.37. The van der Waals surface area contributed by atoms with Crippen molar-refractivity contribution in [1.29, 1.82) is 0 Å². The summed E-state index contributed by atoms with van der Waals surface area (Å²) in [5.74, 6) is -1.14. The number of aliphatic hydroxyl groups is 3. The molecule has 0 aliphatic heterocycles. The molecular formula is C29H46O6. The van der Waals surface area contributed by atoms with Crippen LogP contribution in [0, 0.1) is 39.4 Å². The summed E-state index contributed by atoms with van der Waals surface area (Å²) in [7, 11) is 0. The Kier molecular flexibility index (Phi) is 6.23. The zero-order valence-corrected chi connectivity index (χ0v) is 22.5. The van der Waals surface area contributed by atoms with Gasteiger partial charge < -0.3 is 20.4 Å². The molecule has 1 unspecified atom stereocenters. The number of ketones is 1. The first-order valence-corrected chi connectivity index (χ1v) is 13.5. The Morgan fingerprint density at radius 3 is 2.37 bits per heavy atom.